The van der Waals surface area contributed by atoms with E-state index in [4.69, 9.17) is 0 Å². The lowest BCUT2D eigenvalue weighted by molar-refractivity contribution is -0.384. The lowest BCUT2D eigenvalue weighted by Crippen LogP contribution is -2.37. The van der Waals surface area contributed by atoms with Crippen molar-refractivity contribution < 1.29 is 9.72 Å². The van der Waals surface area contributed by atoms with E-state index in [9.17, 15) is 19.7 Å². The van der Waals surface area contributed by atoms with E-state index in [0.29, 0.717) is 11.5 Å². The van der Waals surface area contributed by atoms with Crippen LogP contribution in [-0.4, -0.2) is 30.6 Å². The topological polar surface area (TPSA) is 136 Å². The third-order valence-corrected chi connectivity index (χ3v) is 5.28. The average molecular weight is 446 g/mol. The van der Waals surface area contributed by atoms with Gasteiger partial charge in [-0.05, 0) is 31.0 Å². The second-order valence-corrected chi connectivity index (χ2v) is 7.99. The Bertz CT molecular complexity index is 1390. The zero-order valence-electron chi connectivity index (χ0n) is 18.3. The predicted molar refractivity (Wildman–Crippen MR) is 122 cm³/mol. The van der Waals surface area contributed by atoms with Crippen molar-refractivity contribution in [2.75, 3.05) is 0 Å². The van der Waals surface area contributed by atoms with Gasteiger partial charge in [0, 0.05) is 17.8 Å². The summed E-state index contributed by atoms with van der Waals surface area (Å²) in [4.78, 5) is 44.4. The highest BCUT2D eigenvalue weighted by molar-refractivity contribution is 5.92. The number of hydrogen-bond donors (Lipinski definition) is 2. The maximum atomic E-state index is 13.1. The predicted octanol–water partition coefficient (Wildman–Crippen LogP) is 3.45. The van der Waals surface area contributed by atoms with E-state index in [-0.39, 0.29) is 23.0 Å². The second-order valence-electron chi connectivity index (χ2n) is 7.99. The van der Waals surface area contributed by atoms with Gasteiger partial charge < -0.3 is 10.3 Å². The fraction of sp³-hybridized carbons (Fsp3) is 0.217. The number of nitrogens with zero attached hydrogens (tertiary/aromatic N) is 4. The Morgan fingerprint density at radius 3 is 2.55 bits per heavy atom. The lowest BCUT2D eigenvalue weighted by atomic mass is 10.0. The first-order valence-corrected chi connectivity index (χ1v) is 10.4. The van der Waals surface area contributed by atoms with Gasteiger partial charge >= 0.3 is 0 Å². The molecule has 1 unspecified atom stereocenters. The van der Waals surface area contributed by atoms with Crippen LogP contribution < -0.4 is 10.7 Å². The number of nitro groups is 1. The molecule has 33 heavy (non-hydrogen) atoms. The van der Waals surface area contributed by atoms with Crippen LogP contribution in [0.2, 0.25) is 0 Å². The van der Waals surface area contributed by atoms with Crippen LogP contribution in [0.25, 0.3) is 16.7 Å². The number of fused-ring (bicyclic) bond motifs is 1. The Labute approximate surface area is 188 Å². The molecule has 4 rings (SSSR count). The Hall–Kier alpha value is -4.34. The molecule has 1 atom stereocenters. The van der Waals surface area contributed by atoms with E-state index >= 15 is 0 Å². The highest BCUT2D eigenvalue weighted by Gasteiger charge is 2.26. The largest absolute Gasteiger partial charge is 0.340 e. The smallest absolute Gasteiger partial charge is 0.294 e. The van der Waals surface area contributed by atoms with Gasteiger partial charge in [0.05, 0.1) is 22.0 Å². The molecule has 2 aromatic heterocycles. The minimum atomic E-state index is -0.688. The molecule has 0 radical (unpaired) electrons. The van der Waals surface area contributed by atoms with Crippen LogP contribution in [0, 0.1) is 23.0 Å². The van der Waals surface area contributed by atoms with Crippen LogP contribution in [-0.2, 0) is 0 Å². The molecule has 0 bridgehead atoms. The summed E-state index contributed by atoms with van der Waals surface area (Å²) < 4.78 is 1.24. The van der Waals surface area contributed by atoms with Crippen LogP contribution in [0.5, 0.6) is 0 Å². The van der Waals surface area contributed by atoms with Crippen LogP contribution >= 0.6 is 0 Å². The SMILES string of the molecule is Cc1cc(=O)c(C(=O)NC(c2nc3ccccc3[nH]2)C(C)C)nn1-c1ccccc1[N+](=O)[O-]. The van der Waals surface area contributed by atoms with Gasteiger partial charge in [-0.2, -0.15) is 5.10 Å². The Kier molecular flexibility index (Phi) is 5.74. The first kappa shape index (κ1) is 21.9. The maximum Gasteiger partial charge on any atom is 0.294 e. The fourth-order valence-electron chi connectivity index (χ4n) is 3.63. The summed E-state index contributed by atoms with van der Waals surface area (Å²) in [7, 11) is 0. The number of hydrogen-bond acceptors (Lipinski definition) is 6. The van der Waals surface area contributed by atoms with E-state index in [1.165, 1.54) is 28.9 Å². The normalized spacial score (nSPS) is 12.1. The van der Waals surface area contributed by atoms with Crippen molar-refractivity contribution in [3.05, 3.63) is 92.1 Å². The summed E-state index contributed by atoms with van der Waals surface area (Å²) in [6, 6.07) is 14.2. The lowest BCUT2D eigenvalue weighted by Gasteiger charge is -2.20. The number of aromatic amines is 1. The molecule has 2 heterocycles. The molecule has 0 aliphatic rings. The van der Waals surface area contributed by atoms with E-state index in [2.05, 4.69) is 20.4 Å². The highest BCUT2D eigenvalue weighted by atomic mass is 16.6. The van der Waals surface area contributed by atoms with Gasteiger partial charge in [0.1, 0.15) is 11.5 Å². The monoisotopic (exact) mass is 446 g/mol. The number of para-hydroxylation sites is 4. The van der Waals surface area contributed by atoms with Crippen molar-refractivity contribution in [3.63, 3.8) is 0 Å². The zero-order valence-corrected chi connectivity index (χ0v) is 18.3. The number of nitrogens with one attached hydrogen (secondary N) is 2. The second kappa shape index (κ2) is 8.65. The van der Waals surface area contributed by atoms with Gasteiger partial charge in [0.25, 0.3) is 11.6 Å². The molecule has 0 fully saturated rings. The minimum absolute atomic E-state index is 0.0441. The Balaban J connectivity index is 1.73. The van der Waals surface area contributed by atoms with Gasteiger partial charge in [0.2, 0.25) is 5.43 Å². The molecule has 0 saturated heterocycles. The number of aryl methyl sites for hydroxylation is 1. The van der Waals surface area contributed by atoms with Gasteiger partial charge in [-0.3, -0.25) is 19.7 Å². The number of aromatic nitrogens is 4. The van der Waals surface area contributed by atoms with Crippen molar-refractivity contribution in [3.8, 4) is 5.69 Å². The summed E-state index contributed by atoms with van der Waals surface area (Å²) >= 11 is 0. The Morgan fingerprint density at radius 1 is 1.15 bits per heavy atom. The number of benzene rings is 2. The average Bonchev–Trinajstić information content (AvgIpc) is 3.21. The summed E-state index contributed by atoms with van der Waals surface area (Å²) in [5.74, 6) is -0.172. The van der Waals surface area contributed by atoms with Crippen molar-refractivity contribution in [1.82, 2.24) is 25.1 Å². The van der Waals surface area contributed by atoms with Gasteiger partial charge in [-0.1, -0.05) is 38.1 Å². The molecule has 10 heteroatoms. The maximum absolute atomic E-state index is 13.1. The van der Waals surface area contributed by atoms with Gasteiger partial charge in [0.15, 0.2) is 5.69 Å². The summed E-state index contributed by atoms with van der Waals surface area (Å²) in [6.07, 6.45) is 0. The molecule has 0 spiro atoms. The first-order chi connectivity index (χ1) is 15.8. The molecular formula is C23H22N6O4. The number of rotatable bonds is 6. The van der Waals surface area contributed by atoms with Gasteiger partial charge in [-0.15, -0.1) is 0 Å². The van der Waals surface area contributed by atoms with Crippen molar-refractivity contribution in [2.24, 2.45) is 5.92 Å². The van der Waals surface area contributed by atoms with Crippen LogP contribution in [0.3, 0.4) is 0 Å². The molecule has 10 nitrogen and oxygen atoms in total. The summed E-state index contributed by atoms with van der Waals surface area (Å²) in [5, 5.41) is 18.5. The molecule has 2 aromatic carbocycles. The fourth-order valence-corrected chi connectivity index (χ4v) is 3.63. The van der Waals surface area contributed by atoms with Crippen LogP contribution in [0.1, 0.15) is 41.9 Å². The molecule has 4 aromatic rings. The molecule has 0 aliphatic carbocycles. The number of H-pyrrole nitrogens is 1. The van der Waals surface area contributed by atoms with E-state index < -0.39 is 22.3 Å². The zero-order chi connectivity index (χ0) is 23.7. The van der Waals surface area contributed by atoms with Crippen molar-refractivity contribution in [2.45, 2.75) is 26.8 Å². The third-order valence-electron chi connectivity index (χ3n) is 5.28. The summed E-state index contributed by atoms with van der Waals surface area (Å²) in [6.45, 7) is 5.44. The summed E-state index contributed by atoms with van der Waals surface area (Å²) in [5.41, 5.74) is 0.993. The van der Waals surface area contributed by atoms with Crippen LogP contribution in [0.15, 0.2) is 59.4 Å². The highest BCUT2D eigenvalue weighted by Crippen LogP contribution is 2.24. The van der Waals surface area contributed by atoms with E-state index in [0.717, 1.165) is 11.0 Å². The number of carbonyl (C=O) groups is 1. The molecular weight excluding hydrogens is 424 g/mol. The minimum Gasteiger partial charge on any atom is -0.340 e. The van der Waals surface area contributed by atoms with E-state index in [1.54, 1.807) is 13.0 Å². The molecule has 0 saturated carbocycles. The van der Waals surface area contributed by atoms with Crippen molar-refractivity contribution in [1.29, 1.82) is 0 Å². The number of imidazole rings is 1. The first-order valence-electron chi connectivity index (χ1n) is 10.4. The standard InChI is InChI=1S/C23H22N6O4/c1-13(2)20(22-24-15-8-4-5-9-16(15)25-22)26-23(31)21-19(30)12-14(3)28(27-21)17-10-6-7-11-18(17)29(32)33/h4-13,20H,1-3H3,(H,24,25)(H,26,31). The molecule has 1 amide bonds. The number of carbonyl (C=O) groups excluding carboxylic acids is 1. The molecule has 168 valence electrons. The van der Waals surface area contributed by atoms with Crippen LogP contribution in [0.4, 0.5) is 5.69 Å². The quantitative estimate of drug-likeness (QED) is 0.344. The molecule has 0 aliphatic heterocycles. The van der Waals surface area contributed by atoms with Crippen molar-refractivity contribution >= 4 is 22.6 Å². The third kappa shape index (κ3) is 4.22. The number of nitro benzene ring substituents is 1. The molecule has 2 N–H and O–H groups in total. The Morgan fingerprint density at radius 2 is 1.85 bits per heavy atom. The van der Waals surface area contributed by atoms with Gasteiger partial charge in [-0.25, -0.2) is 9.67 Å². The number of amides is 1. The van der Waals surface area contributed by atoms with E-state index in [1.807, 2.05) is 38.1 Å².